The quantitative estimate of drug-likeness (QED) is 0.849. The van der Waals surface area contributed by atoms with Gasteiger partial charge in [0.25, 0.3) is 0 Å². The van der Waals surface area contributed by atoms with Crippen molar-refractivity contribution < 1.29 is 0 Å². The normalized spacial score (nSPS) is 24.2. The van der Waals surface area contributed by atoms with Gasteiger partial charge in [-0.2, -0.15) is 0 Å². The monoisotopic (exact) mass is 249 g/mol. The predicted octanol–water partition coefficient (Wildman–Crippen LogP) is 3.95. The summed E-state index contributed by atoms with van der Waals surface area (Å²) in [6, 6.07) is 18.9. The van der Waals surface area contributed by atoms with Gasteiger partial charge < -0.3 is 5.32 Å². The van der Waals surface area contributed by atoms with Crippen molar-refractivity contribution in [1.82, 2.24) is 5.32 Å². The number of benzene rings is 2. The molecule has 2 atom stereocenters. The Balaban J connectivity index is 1.58. The van der Waals surface area contributed by atoms with Crippen molar-refractivity contribution >= 4 is 0 Å². The van der Waals surface area contributed by atoms with E-state index in [9.17, 15) is 0 Å². The van der Waals surface area contributed by atoms with Gasteiger partial charge in [0.05, 0.1) is 0 Å². The number of aryl methyl sites for hydroxylation is 2. The topological polar surface area (TPSA) is 12.0 Å². The Labute approximate surface area is 114 Å². The summed E-state index contributed by atoms with van der Waals surface area (Å²) in [4.78, 5) is 0. The molecule has 1 N–H and O–H groups in total. The Morgan fingerprint density at radius 3 is 1.68 bits per heavy atom. The van der Waals surface area contributed by atoms with E-state index >= 15 is 0 Å². The summed E-state index contributed by atoms with van der Waals surface area (Å²) >= 11 is 0. The molecule has 0 heterocycles. The van der Waals surface area contributed by atoms with Crippen LogP contribution in [0.5, 0.6) is 0 Å². The molecule has 19 heavy (non-hydrogen) atoms. The van der Waals surface area contributed by atoms with Crippen LogP contribution < -0.4 is 5.32 Å². The molecule has 0 aromatic heterocycles. The Morgan fingerprint density at radius 2 is 1.16 bits per heavy atom. The molecule has 2 aromatic rings. The predicted molar refractivity (Wildman–Crippen MR) is 78.1 cm³/mol. The summed E-state index contributed by atoms with van der Waals surface area (Å²) in [6.07, 6.45) is 4.94. The fraction of sp³-hybridized carbons (Fsp3) is 0.333. The van der Waals surface area contributed by atoms with Crippen LogP contribution in [-0.2, 0) is 12.8 Å². The molecule has 0 saturated carbocycles. The van der Waals surface area contributed by atoms with Gasteiger partial charge in [-0.25, -0.2) is 0 Å². The Hall–Kier alpha value is -1.60. The smallest absolute Gasteiger partial charge is 0.0331 e. The molecule has 0 aliphatic heterocycles. The highest BCUT2D eigenvalue weighted by Gasteiger charge is 2.28. The van der Waals surface area contributed by atoms with E-state index in [-0.39, 0.29) is 0 Å². The summed E-state index contributed by atoms with van der Waals surface area (Å²) in [5.41, 5.74) is 6.11. The summed E-state index contributed by atoms with van der Waals surface area (Å²) in [6.45, 7) is 0. The van der Waals surface area contributed by atoms with E-state index in [0.29, 0.717) is 12.1 Å². The van der Waals surface area contributed by atoms with Crippen LogP contribution in [0.25, 0.3) is 0 Å². The van der Waals surface area contributed by atoms with Crippen LogP contribution in [0.3, 0.4) is 0 Å². The highest BCUT2D eigenvalue weighted by atomic mass is 15.0. The van der Waals surface area contributed by atoms with Crippen LogP contribution in [0.2, 0.25) is 0 Å². The number of rotatable bonds is 2. The van der Waals surface area contributed by atoms with Gasteiger partial charge in [-0.3, -0.25) is 0 Å². The molecule has 96 valence electrons. The van der Waals surface area contributed by atoms with E-state index in [0.717, 1.165) is 0 Å². The van der Waals surface area contributed by atoms with Gasteiger partial charge in [0.2, 0.25) is 0 Å². The molecule has 2 aliphatic rings. The molecule has 2 aromatic carbocycles. The van der Waals surface area contributed by atoms with Crippen LogP contribution >= 0.6 is 0 Å². The van der Waals surface area contributed by atoms with E-state index in [2.05, 4.69) is 53.8 Å². The Kier molecular flexibility index (Phi) is 2.66. The number of fused-ring (bicyclic) bond motifs is 2. The van der Waals surface area contributed by atoms with Crippen LogP contribution in [-0.4, -0.2) is 0 Å². The van der Waals surface area contributed by atoms with Gasteiger partial charge in [-0.15, -0.1) is 0 Å². The summed E-state index contributed by atoms with van der Waals surface area (Å²) < 4.78 is 0. The van der Waals surface area contributed by atoms with E-state index in [1.165, 1.54) is 47.9 Å². The number of hydrogen-bond donors (Lipinski definition) is 1. The molecule has 2 aliphatic carbocycles. The largest absolute Gasteiger partial charge is 0.303 e. The summed E-state index contributed by atoms with van der Waals surface area (Å²) in [7, 11) is 0. The maximum atomic E-state index is 3.89. The first-order valence-corrected chi connectivity index (χ1v) is 7.33. The molecule has 4 rings (SSSR count). The molecule has 0 saturated heterocycles. The van der Waals surface area contributed by atoms with Crippen molar-refractivity contribution in [3.63, 3.8) is 0 Å². The summed E-state index contributed by atoms with van der Waals surface area (Å²) in [5, 5.41) is 3.89. The van der Waals surface area contributed by atoms with E-state index in [1.807, 2.05) is 0 Å². The first kappa shape index (κ1) is 11.2. The van der Waals surface area contributed by atoms with E-state index in [4.69, 9.17) is 0 Å². The van der Waals surface area contributed by atoms with Crippen LogP contribution in [0.1, 0.15) is 47.2 Å². The lowest BCUT2D eigenvalue weighted by atomic mass is 10.0. The van der Waals surface area contributed by atoms with Crippen molar-refractivity contribution in [3.8, 4) is 0 Å². The second kappa shape index (κ2) is 4.50. The molecule has 0 bridgehead atoms. The maximum absolute atomic E-state index is 3.89. The Bertz CT molecular complexity index is 549. The summed E-state index contributed by atoms with van der Waals surface area (Å²) in [5.74, 6) is 0. The third-order valence-electron chi connectivity index (χ3n) is 4.67. The second-order valence-corrected chi connectivity index (χ2v) is 5.75. The lowest BCUT2D eigenvalue weighted by Gasteiger charge is -2.20. The fourth-order valence-electron chi connectivity index (χ4n) is 3.70. The lowest BCUT2D eigenvalue weighted by Crippen LogP contribution is -2.23. The van der Waals surface area contributed by atoms with E-state index < -0.39 is 0 Å². The lowest BCUT2D eigenvalue weighted by molar-refractivity contribution is 0.440. The van der Waals surface area contributed by atoms with Gasteiger partial charge in [-0.05, 0) is 47.9 Å². The van der Waals surface area contributed by atoms with Crippen molar-refractivity contribution in [2.75, 3.05) is 0 Å². The van der Waals surface area contributed by atoms with E-state index in [1.54, 1.807) is 0 Å². The molecular weight excluding hydrogens is 230 g/mol. The molecule has 1 heteroatoms. The molecule has 0 radical (unpaired) electrons. The fourth-order valence-corrected chi connectivity index (χ4v) is 3.70. The third kappa shape index (κ3) is 1.89. The van der Waals surface area contributed by atoms with Crippen LogP contribution in [0.15, 0.2) is 48.5 Å². The minimum Gasteiger partial charge on any atom is -0.303 e. The van der Waals surface area contributed by atoms with Gasteiger partial charge >= 0.3 is 0 Å². The number of hydrogen-bond acceptors (Lipinski definition) is 1. The maximum Gasteiger partial charge on any atom is 0.0331 e. The average Bonchev–Trinajstić information content (AvgIpc) is 3.05. The van der Waals surface area contributed by atoms with Crippen molar-refractivity contribution in [2.45, 2.75) is 37.8 Å². The standard InChI is InChI=1S/C18H19N/c1-3-7-15-13(5-1)9-11-17(15)19-18-12-10-14-6-2-4-8-16(14)18/h1-8,17-19H,9-12H2/t17-,18+. The second-order valence-electron chi connectivity index (χ2n) is 5.75. The zero-order chi connectivity index (χ0) is 12.7. The van der Waals surface area contributed by atoms with Crippen molar-refractivity contribution in [2.24, 2.45) is 0 Å². The molecule has 0 fully saturated rings. The van der Waals surface area contributed by atoms with Crippen molar-refractivity contribution in [3.05, 3.63) is 70.8 Å². The molecule has 0 unspecified atom stereocenters. The molecule has 0 spiro atoms. The van der Waals surface area contributed by atoms with Gasteiger partial charge in [0.1, 0.15) is 0 Å². The van der Waals surface area contributed by atoms with Crippen molar-refractivity contribution in [1.29, 1.82) is 0 Å². The first-order chi connectivity index (χ1) is 9.42. The SMILES string of the molecule is c1ccc2c(c1)CC[C@@H]2N[C@@H]1CCc2ccccc21. The molecular formula is C18H19N. The Morgan fingerprint density at radius 1 is 0.684 bits per heavy atom. The zero-order valence-corrected chi connectivity index (χ0v) is 11.1. The molecule has 1 nitrogen and oxygen atoms in total. The minimum absolute atomic E-state index is 0.548. The minimum atomic E-state index is 0.548. The van der Waals surface area contributed by atoms with Crippen LogP contribution in [0, 0.1) is 0 Å². The van der Waals surface area contributed by atoms with Gasteiger partial charge in [0.15, 0.2) is 0 Å². The van der Waals surface area contributed by atoms with Gasteiger partial charge in [-0.1, -0.05) is 48.5 Å². The zero-order valence-electron chi connectivity index (χ0n) is 11.1. The van der Waals surface area contributed by atoms with Gasteiger partial charge in [0, 0.05) is 12.1 Å². The number of nitrogens with one attached hydrogen (secondary N) is 1. The average molecular weight is 249 g/mol. The highest BCUT2D eigenvalue weighted by molar-refractivity contribution is 5.37. The van der Waals surface area contributed by atoms with Crippen LogP contribution in [0.4, 0.5) is 0 Å². The molecule has 0 amide bonds. The first-order valence-electron chi connectivity index (χ1n) is 7.33. The third-order valence-corrected chi connectivity index (χ3v) is 4.67. The highest BCUT2D eigenvalue weighted by Crippen LogP contribution is 2.37.